The standard InChI is InChI=1S/C53H70ClN5O14S/c1-29-11-10-12-40(70-9)53(68)26-38(71-51(67)55-53)31(3)48-52(5,73-48)41(25-45(63)57(7)36-22-34(21-29)23-37(69-8)47(36)54)72-50(66)32(4)56(6)42(60)19-20-74-39-24-46(64)59(49(39)65)28-33-13-15-35(16-14-33)30(2)27-58-43(61)17-18-44(58)62/h10-12,22-23,31-33,35,38-41,48,68H,2,13-21,24-28H2,1,3-9H3,(H,55,67)/b12-10+,29-11+/t31-,32+,33-,35-,38?,39?,40-,41+,48?,52+,53+/m1/s1. The fourth-order valence-electron chi connectivity index (χ4n) is 10.8. The van der Waals surface area contributed by atoms with Gasteiger partial charge in [0.15, 0.2) is 5.72 Å². The number of carbonyl (C=O) groups is 8. The van der Waals surface area contributed by atoms with E-state index in [4.69, 9.17) is 35.3 Å². The van der Waals surface area contributed by atoms with E-state index in [0.717, 1.165) is 42.4 Å². The van der Waals surface area contributed by atoms with Gasteiger partial charge in [0.1, 0.15) is 40.7 Å². The van der Waals surface area contributed by atoms with Crippen molar-refractivity contribution in [3.8, 4) is 5.75 Å². The third kappa shape index (κ3) is 12.4. The number of thioether (sulfide) groups is 1. The Balaban J connectivity index is 0.986. The number of ether oxygens (including phenoxy) is 5. The van der Waals surface area contributed by atoms with Gasteiger partial charge in [-0.15, -0.1) is 11.8 Å². The van der Waals surface area contributed by atoms with Crippen molar-refractivity contribution in [1.82, 2.24) is 20.0 Å². The first-order chi connectivity index (χ1) is 35.0. The summed E-state index contributed by atoms with van der Waals surface area (Å²) in [5.74, 6) is -2.41. The van der Waals surface area contributed by atoms with Crippen LogP contribution in [0.5, 0.6) is 5.75 Å². The Morgan fingerprint density at radius 2 is 1.72 bits per heavy atom. The van der Waals surface area contributed by atoms with Gasteiger partial charge in [0.05, 0.1) is 30.6 Å². The highest BCUT2D eigenvalue weighted by Gasteiger charge is 2.64. The van der Waals surface area contributed by atoms with Gasteiger partial charge in [0.2, 0.25) is 35.4 Å². The molecule has 74 heavy (non-hydrogen) atoms. The Morgan fingerprint density at radius 3 is 2.38 bits per heavy atom. The molecule has 9 atom stereocenters. The Hall–Kier alpha value is -5.28. The van der Waals surface area contributed by atoms with Gasteiger partial charge < -0.3 is 38.6 Å². The predicted octanol–water partition coefficient (Wildman–Crippen LogP) is 5.28. The number of epoxide rings is 1. The Morgan fingerprint density at radius 1 is 1.03 bits per heavy atom. The number of alkyl carbamates (subject to hydrolysis) is 1. The second-order valence-corrected chi connectivity index (χ2v) is 22.5. The smallest absolute Gasteiger partial charge is 0.409 e. The lowest BCUT2D eigenvalue weighted by Gasteiger charge is -2.42. The van der Waals surface area contributed by atoms with Crippen molar-refractivity contribution in [3.63, 3.8) is 0 Å². The Labute approximate surface area is 441 Å². The van der Waals surface area contributed by atoms with Crippen molar-refractivity contribution in [2.75, 3.05) is 52.1 Å². The quantitative estimate of drug-likeness (QED) is 0.105. The van der Waals surface area contributed by atoms with E-state index in [1.807, 2.05) is 13.0 Å². The van der Waals surface area contributed by atoms with E-state index in [1.165, 1.54) is 59.6 Å². The number of esters is 1. The van der Waals surface area contributed by atoms with Crippen molar-refractivity contribution in [1.29, 1.82) is 0 Å². The van der Waals surface area contributed by atoms with Crippen LogP contribution in [0.25, 0.3) is 0 Å². The summed E-state index contributed by atoms with van der Waals surface area (Å²) in [5, 5.41) is 13.9. The first kappa shape index (κ1) is 56.4. The zero-order valence-corrected chi connectivity index (χ0v) is 45.1. The van der Waals surface area contributed by atoms with E-state index in [9.17, 15) is 43.5 Å². The average molecular weight is 1070 g/mol. The highest BCUT2D eigenvalue weighted by atomic mass is 35.5. The molecule has 21 heteroatoms. The number of methoxy groups -OCH3 is 2. The molecule has 5 fully saturated rings. The van der Waals surface area contributed by atoms with E-state index < -0.39 is 76.8 Å². The van der Waals surface area contributed by atoms with Gasteiger partial charge in [0.25, 0.3) is 0 Å². The van der Waals surface area contributed by atoms with Gasteiger partial charge >= 0.3 is 12.1 Å². The summed E-state index contributed by atoms with van der Waals surface area (Å²) in [7, 11) is 5.89. The minimum absolute atomic E-state index is 0.0181. The number of likely N-dealkylation sites (tertiary alicyclic amines) is 2. The minimum Gasteiger partial charge on any atom is -0.495 e. The number of anilines is 1. The van der Waals surface area contributed by atoms with Crippen LogP contribution >= 0.6 is 23.4 Å². The van der Waals surface area contributed by atoms with Crippen molar-refractivity contribution in [2.24, 2.45) is 17.8 Å². The number of carbonyl (C=O) groups excluding carboxylic acids is 8. The third-order valence-electron chi connectivity index (χ3n) is 15.7. The number of hydrogen-bond donors (Lipinski definition) is 2. The Bertz CT molecular complexity index is 2460. The normalized spacial score (nSPS) is 32.2. The molecule has 0 radical (unpaired) electrons. The number of nitrogens with one attached hydrogen (secondary N) is 1. The molecule has 4 bridgehead atoms. The number of benzene rings is 1. The topological polar surface area (TPSA) is 231 Å². The maximum Gasteiger partial charge on any atom is 0.409 e. The number of hydrogen-bond acceptors (Lipinski definition) is 15. The molecule has 0 aromatic heterocycles. The van der Waals surface area contributed by atoms with Gasteiger partial charge in [-0.25, -0.2) is 9.59 Å². The molecule has 1 aliphatic carbocycles. The van der Waals surface area contributed by atoms with Gasteiger partial charge in [0, 0.05) is 78.1 Å². The number of imide groups is 2. The number of fused-ring (bicyclic) bond motifs is 5. The molecule has 5 aliphatic heterocycles. The summed E-state index contributed by atoms with van der Waals surface area (Å²) < 4.78 is 29.5. The van der Waals surface area contributed by atoms with Crippen molar-refractivity contribution in [3.05, 3.63) is 58.7 Å². The van der Waals surface area contributed by atoms with E-state index >= 15 is 0 Å². The summed E-state index contributed by atoms with van der Waals surface area (Å²) in [5.41, 5.74) is -0.322. The molecule has 1 aromatic rings. The molecule has 3 unspecified atom stereocenters. The second-order valence-electron chi connectivity index (χ2n) is 20.8. The highest BCUT2D eigenvalue weighted by molar-refractivity contribution is 8.00. The van der Waals surface area contributed by atoms with Crippen LogP contribution in [0.4, 0.5) is 10.5 Å². The van der Waals surface area contributed by atoms with Crippen LogP contribution in [0.2, 0.25) is 5.02 Å². The number of halogens is 1. The molecular formula is C53H70ClN5O14S. The summed E-state index contributed by atoms with van der Waals surface area (Å²) in [6.45, 7) is 11.6. The molecule has 2 N–H and O–H groups in total. The predicted molar refractivity (Wildman–Crippen MR) is 274 cm³/mol. The van der Waals surface area contributed by atoms with E-state index in [0.29, 0.717) is 24.4 Å². The van der Waals surface area contributed by atoms with Crippen molar-refractivity contribution in [2.45, 2.75) is 145 Å². The molecule has 4 saturated heterocycles. The maximum atomic E-state index is 14.4. The van der Waals surface area contributed by atoms with E-state index in [1.54, 1.807) is 45.2 Å². The van der Waals surface area contributed by atoms with Crippen molar-refractivity contribution >= 4 is 76.6 Å². The van der Waals surface area contributed by atoms with Crippen LogP contribution in [0, 0.1) is 17.8 Å². The molecule has 6 aliphatic rings. The van der Waals surface area contributed by atoms with Crippen LogP contribution in [-0.4, -0.2) is 162 Å². The van der Waals surface area contributed by atoms with E-state index in [2.05, 4.69) is 11.9 Å². The minimum atomic E-state index is -1.88. The lowest BCUT2D eigenvalue weighted by atomic mass is 9.78. The molecule has 7 amide bonds. The summed E-state index contributed by atoms with van der Waals surface area (Å²) in [6.07, 6.45) is 3.96. The fourth-order valence-corrected chi connectivity index (χ4v) is 12.2. The molecule has 0 spiro atoms. The lowest BCUT2D eigenvalue weighted by molar-refractivity contribution is -0.162. The lowest BCUT2D eigenvalue weighted by Crippen LogP contribution is -2.63. The Kier molecular flexibility index (Phi) is 17.8. The molecule has 7 rings (SSSR count). The van der Waals surface area contributed by atoms with Gasteiger partial charge in [-0.05, 0) is 82.4 Å². The molecule has 1 saturated carbocycles. The number of allylic oxidation sites excluding steroid dienone is 3. The molecule has 404 valence electrons. The summed E-state index contributed by atoms with van der Waals surface area (Å²) in [6, 6.07) is 2.41. The molecular weight excluding hydrogens is 998 g/mol. The third-order valence-corrected chi connectivity index (χ3v) is 17.3. The number of rotatable bonds is 14. The zero-order chi connectivity index (χ0) is 54.0. The van der Waals surface area contributed by atoms with Gasteiger partial charge in [-0.2, -0.15) is 0 Å². The largest absolute Gasteiger partial charge is 0.495 e. The fraction of sp³-hybridized carbons (Fsp3) is 0.623. The monoisotopic (exact) mass is 1070 g/mol. The molecule has 5 heterocycles. The second kappa shape index (κ2) is 23.3. The van der Waals surface area contributed by atoms with Crippen LogP contribution in [0.15, 0.2) is 48.1 Å². The van der Waals surface area contributed by atoms with Crippen LogP contribution in [0.1, 0.15) is 97.5 Å². The summed E-state index contributed by atoms with van der Waals surface area (Å²) in [4.78, 5) is 111. The van der Waals surface area contributed by atoms with E-state index in [-0.39, 0.29) is 91.3 Å². The first-order valence-electron chi connectivity index (χ1n) is 25.3. The van der Waals surface area contributed by atoms with Crippen LogP contribution in [0.3, 0.4) is 0 Å². The SMILES string of the molecule is C=C(CN1C(=O)CCC1=O)[C@H]1CC[C@H](CN2C(=O)CC(SCCC(=O)N(C)[C@@H](C)C(=O)O[C@H]3CC(=O)N(C)c4cc(cc(OC)c4Cl)C/C(C)=C/C=C/[C@@H](OC)[C@@]4(O)CC(OC(=O)N4)[C@@H](C)C4O[C@]43C)C2=O)CC1. The van der Waals surface area contributed by atoms with Gasteiger partial charge in [-0.3, -0.25) is 43.9 Å². The number of amides is 7. The van der Waals surface area contributed by atoms with Crippen molar-refractivity contribution < 1.29 is 67.1 Å². The zero-order valence-electron chi connectivity index (χ0n) is 43.5. The van der Waals surface area contributed by atoms with Gasteiger partial charge in [-0.1, -0.05) is 54.5 Å². The first-order valence-corrected chi connectivity index (χ1v) is 26.7. The molecule has 19 nitrogen and oxygen atoms in total. The van der Waals surface area contributed by atoms with Crippen LogP contribution < -0.4 is 15.0 Å². The van der Waals surface area contributed by atoms with Crippen LogP contribution in [-0.2, 0) is 58.9 Å². The number of aliphatic hydroxyl groups is 1. The molecule has 1 aromatic carbocycles. The highest BCUT2D eigenvalue weighted by Crippen LogP contribution is 2.49. The summed E-state index contributed by atoms with van der Waals surface area (Å²) >= 11 is 8.04. The average Bonchev–Trinajstić information content (AvgIpc) is 3.87. The maximum absolute atomic E-state index is 14.4. The number of nitrogens with zero attached hydrogens (tertiary/aromatic N) is 4. The number of likely N-dealkylation sites (N-methyl/N-ethyl adjacent to an activating group) is 1.